The molecule has 20 heavy (non-hydrogen) atoms. The molecule has 0 aliphatic rings. The summed E-state index contributed by atoms with van der Waals surface area (Å²) in [7, 11) is 0. The van der Waals surface area contributed by atoms with Crippen molar-refractivity contribution in [3.63, 3.8) is 0 Å². The molecule has 1 atom stereocenters. The molecule has 4 nitrogen and oxygen atoms in total. The number of aliphatic carboxylic acids is 1. The van der Waals surface area contributed by atoms with E-state index in [-0.39, 0.29) is 11.4 Å². The summed E-state index contributed by atoms with van der Waals surface area (Å²) in [5.74, 6) is -2.41. The summed E-state index contributed by atoms with van der Waals surface area (Å²) in [5, 5.41) is 12.0. The molecule has 2 rings (SSSR count). The van der Waals surface area contributed by atoms with Crippen molar-refractivity contribution >= 4 is 11.7 Å². The zero-order chi connectivity index (χ0) is 14.8. The van der Waals surface area contributed by atoms with Crippen molar-refractivity contribution in [2.45, 2.75) is 12.5 Å². The van der Waals surface area contributed by atoms with Gasteiger partial charge in [0.25, 0.3) is 0 Å². The van der Waals surface area contributed by atoms with Crippen LogP contribution in [0.1, 0.15) is 12.6 Å². The van der Waals surface area contributed by atoms with Crippen LogP contribution in [0.4, 0.5) is 14.5 Å². The zero-order valence-corrected chi connectivity index (χ0v) is 10.6. The van der Waals surface area contributed by atoms with Gasteiger partial charge in [0.05, 0.1) is 17.6 Å². The predicted molar refractivity (Wildman–Crippen MR) is 69.2 cm³/mol. The topological polar surface area (TPSA) is 62.2 Å². The van der Waals surface area contributed by atoms with E-state index in [2.05, 4.69) is 10.3 Å². The highest BCUT2D eigenvalue weighted by atomic mass is 19.1. The average molecular weight is 278 g/mol. The van der Waals surface area contributed by atoms with Crippen LogP contribution in [0.15, 0.2) is 42.6 Å². The second-order valence-corrected chi connectivity index (χ2v) is 4.40. The van der Waals surface area contributed by atoms with E-state index < -0.39 is 23.1 Å². The van der Waals surface area contributed by atoms with Gasteiger partial charge in [0.15, 0.2) is 5.54 Å². The van der Waals surface area contributed by atoms with Crippen molar-refractivity contribution in [1.29, 1.82) is 0 Å². The van der Waals surface area contributed by atoms with Crippen molar-refractivity contribution in [2.75, 3.05) is 5.32 Å². The van der Waals surface area contributed by atoms with Crippen LogP contribution in [0.5, 0.6) is 0 Å². The molecule has 0 fully saturated rings. The van der Waals surface area contributed by atoms with E-state index in [9.17, 15) is 18.7 Å². The average Bonchev–Trinajstić information content (AvgIpc) is 2.42. The molecule has 0 aliphatic carbocycles. The van der Waals surface area contributed by atoms with Gasteiger partial charge in [-0.15, -0.1) is 0 Å². The van der Waals surface area contributed by atoms with E-state index in [1.807, 2.05) is 0 Å². The summed E-state index contributed by atoms with van der Waals surface area (Å²) in [4.78, 5) is 15.3. The Balaban J connectivity index is 2.43. The van der Waals surface area contributed by atoms with Crippen LogP contribution in [0, 0.1) is 11.6 Å². The van der Waals surface area contributed by atoms with E-state index in [1.165, 1.54) is 31.2 Å². The Bertz CT molecular complexity index is 631. The smallest absolute Gasteiger partial charge is 0.335 e. The minimum absolute atomic E-state index is 0.0310. The fraction of sp³-hybridized carbons (Fsp3) is 0.143. The standard InChI is InChI=1S/C14H12F2N2O2/c1-14(13(19)20,12-7-6-9(15)8-17-12)18-11-5-3-2-4-10(11)16/h2-8,18H,1H3,(H,19,20). The first-order chi connectivity index (χ1) is 9.43. The molecule has 1 aromatic heterocycles. The van der Waals surface area contributed by atoms with Crippen molar-refractivity contribution in [1.82, 2.24) is 4.98 Å². The second kappa shape index (κ2) is 5.24. The monoisotopic (exact) mass is 278 g/mol. The van der Waals surface area contributed by atoms with Crippen LogP contribution in [-0.4, -0.2) is 16.1 Å². The molecule has 6 heteroatoms. The highest BCUT2D eigenvalue weighted by Crippen LogP contribution is 2.26. The Kier molecular flexibility index (Phi) is 3.65. The maximum Gasteiger partial charge on any atom is 0.335 e. The first-order valence-electron chi connectivity index (χ1n) is 5.81. The molecule has 0 spiro atoms. The highest BCUT2D eigenvalue weighted by molar-refractivity contribution is 5.83. The van der Waals surface area contributed by atoms with Gasteiger partial charge in [-0.05, 0) is 31.2 Å². The first kappa shape index (κ1) is 13.9. The number of halogens is 2. The van der Waals surface area contributed by atoms with Crippen LogP contribution in [0.2, 0.25) is 0 Å². The molecule has 2 N–H and O–H groups in total. The van der Waals surface area contributed by atoms with Crippen LogP contribution in [0.3, 0.4) is 0 Å². The molecule has 0 amide bonds. The van der Waals surface area contributed by atoms with Gasteiger partial charge < -0.3 is 10.4 Å². The number of carbonyl (C=O) groups is 1. The summed E-state index contributed by atoms with van der Waals surface area (Å²) < 4.78 is 26.5. The molecule has 104 valence electrons. The minimum atomic E-state index is -1.67. The van der Waals surface area contributed by atoms with E-state index >= 15 is 0 Å². The van der Waals surface area contributed by atoms with Gasteiger partial charge in [-0.25, -0.2) is 13.6 Å². The molecule has 1 unspecified atom stereocenters. The first-order valence-corrected chi connectivity index (χ1v) is 5.81. The van der Waals surface area contributed by atoms with Crippen molar-refractivity contribution in [3.05, 3.63) is 59.9 Å². The summed E-state index contributed by atoms with van der Waals surface area (Å²) in [6, 6.07) is 8.05. The lowest BCUT2D eigenvalue weighted by molar-refractivity contribution is -0.142. The van der Waals surface area contributed by atoms with Crippen LogP contribution in [-0.2, 0) is 10.3 Å². The number of hydrogen-bond donors (Lipinski definition) is 2. The number of para-hydroxylation sites is 1. The predicted octanol–water partition coefficient (Wildman–Crippen LogP) is 2.77. The summed E-state index contributed by atoms with van der Waals surface area (Å²) in [5.41, 5.74) is -1.56. The largest absolute Gasteiger partial charge is 0.479 e. The van der Waals surface area contributed by atoms with Gasteiger partial charge in [-0.1, -0.05) is 12.1 Å². The number of aromatic nitrogens is 1. The number of carboxylic acids is 1. The van der Waals surface area contributed by atoms with E-state index in [0.29, 0.717) is 0 Å². The van der Waals surface area contributed by atoms with Gasteiger partial charge >= 0.3 is 5.97 Å². The Morgan fingerprint density at radius 2 is 1.95 bits per heavy atom. The minimum Gasteiger partial charge on any atom is -0.479 e. The summed E-state index contributed by atoms with van der Waals surface area (Å²) in [6.45, 7) is 1.34. The lowest BCUT2D eigenvalue weighted by atomic mass is 9.96. The lowest BCUT2D eigenvalue weighted by Gasteiger charge is -2.27. The van der Waals surface area contributed by atoms with Crippen molar-refractivity contribution in [3.8, 4) is 0 Å². The van der Waals surface area contributed by atoms with E-state index in [1.54, 1.807) is 6.07 Å². The second-order valence-electron chi connectivity index (χ2n) is 4.40. The SMILES string of the molecule is CC(Nc1ccccc1F)(C(=O)O)c1ccc(F)cn1. The van der Waals surface area contributed by atoms with Crippen molar-refractivity contribution in [2.24, 2.45) is 0 Å². The lowest BCUT2D eigenvalue weighted by Crippen LogP contribution is -2.41. The van der Waals surface area contributed by atoms with Crippen molar-refractivity contribution < 1.29 is 18.7 Å². The van der Waals surface area contributed by atoms with Crippen LogP contribution < -0.4 is 5.32 Å². The number of hydrogen-bond acceptors (Lipinski definition) is 3. The maximum absolute atomic E-state index is 13.6. The van der Waals surface area contributed by atoms with Crippen LogP contribution in [0.25, 0.3) is 0 Å². The summed E-state index contributed by atoms with van der Waals surface area (Å²) in [6.07, 6.45) is 0.916. The molecule has 0 saturated heterocycles. The van der Waals surface area contributed by atoms with Gasteiger partial charge in [0, 0.05) is 0 Å². The maximum atomic E-state index is 13.6. The third-order valence-electron chi connectivity index (χ3n) is 2.93. The number of benzene rings is 1. The van der Waals surface area contributed by atoms with Gasteiger partial charge in [-0.3, -0.25) is 4.98 Å². The van der Waals surface area contributed by atoms with E-state index in [0.717, 1.165) is 12.3 Å². The highest BCUT2D eigenvalue weighted by Gasteiger charge is 2.37. The fourth-order valence-corrected chi connectivity index (χ4v) is 1.73. The number of pyridine rings is 1. The fourth-order valence-electron chi connectivity index (χ4n) is 1.73. The Labute approximate surface area is 114 Å². The zero-order valence-electron chi connectivity index (χ0n) is 10.6. The molecule has 2 aromatic rings. The quantitative estimate of drug-likeness (QED) is 0.902. The molecule has 0 aliphatic heterocycles. The molecule has 0 bridgehead atoms. The number of anilines is 1. The third-order valence-corrected chi connectivity index (χ3v) is 2.93. The molecule has 1 heterocycles. The Hall–Kier alpha value is -2.50. The Morgan fingerprint density at radius 3 is 2.50 bits per heavy atom. The van der Waals surface area contributed by atoms with Gasteiger partial charge in [0.1, 0.15) is 11.6 Å². The van der Waals surface area contributed by atoms with Crippen LogP contribution >= 0.6 is 0 Å². The number of nitrogens with zero attached hydrogens (tertiary/aromatic N) is 1. The van der Waals surface area contributed by atoms with Gasteiger partial charge in [-0.2, -0.15) is 0 Å². The van der Waals surface area contributed by atoms with Gasteiger partial charge in [0.2, 0.25) is 0 Å². The number of carboxylic acid groups (broad SMARTS) is 1. The molecule has 0 saturated carbocycles. The third kappa shape index (κ3) is 2.59. The summed E-state index contributed by atoms with van der Waals surface area (Å²) >= 11 is 0. The number of rotatable bonds is 4. The Morgan fingerprint density at radius 1 is 1.25 bits per heavy atom. The normalized spacial score (nSPS) is 13.6. The molecular weight excluding hydrogens is 266 g/mol. The van der Waals surface area contributed by atoms with E-state index in [4.69, 9.17) is 0 Å². The molecular formula is C14H12F2N2O2. The number of nitrogens with one attached hydrogen (secondary N) is 1. The molecule has 1 aromatic carbocycles. The molecule has 0 radical (unpaired) electrons.